The van der Waals surface area contributed by atoms with Gasteiger partial charge in [0.05, 0.1) is 6.61 Å². The van der Waals surface area contributed by atoms with Gasteiger partial charge >= 0.3 is 5.97 Å². The van der Waals surface area contributed by atoms with Crippen LogP contribution in [0.4, 0.5) is 0 Å². The van der Waals surface area contributed by atoms with Crippen LogP contribution in [0.15, 0.2) is 42.5 Å². The molecule has 0 saturated carbocycles. The van der Waals surface area contributed by atoms with Crippen molar-refractivity contribution in [2.75, 3.05) is 6.61 Å². The lowest BCUT2D eigenvalue weighted by atomic mass is 9.99. The largest absolute Gasteiger partial charge is 0.508 e. The number of phenolic OH excluding ortho intramolecular Hbond substituents is 1. The van der Waals surface area contributed by atoms with Gasteiger partial charge in [0, 0.05) is 10.9 Å². The predicted molar refractivity (Wildman–Crippen MR) is 86.1 cm³/mol. The lowest BCUT2D eigenvalue weighted by molar-refractivity contribution is 0.0520. The molecule has 2 aromatic carbocycles. The Morgan fingerprint density at radius 2 is 2.00 bits per heavy atom. The highest BCUT2D eigenvalue weighted by atomic mass is 16.5. The molecule has 1 heterocycles. The Morgan fingerprint density at radius 1 is 1.18 bits per heavy atom. The highest BCUT2D eigenvalue weighted by molar-refractivity contribution is 5.96. The fraction of sp³-hybridized carbons (Fsp3) is 0.167. The average molecular weight is 295 g/mol. The SMILES string of the molecule is CCOC(=O)c1cc2ccc(-c3ccc(O)cc3C)cc2[nH]1. The van der Waals surface area contributed by atoms with Gasteiger partial charge in [-0.2, -0.15) is 0 Å². The molecule has 3 aromatic rings. The molecule has 2 N–H and O–H groups in total. The van der Waals surface area contributed by atoms with Crippen LogP contribution in [-0.2, 0) is 4.74 Å². The van der Waals surface area contributed by atoms with E-state index in [0.29, 0.717) is 12.3 Å². The number of H-pyrrole nitrogens is 1. The summed E-state index contributed by atoms with van der Waals surface area (Å²) >= 11 is 0. The molecule has 22 heavy (non-hydrogen) atoms. The van der Waals surface area contributed by atoms with E-state index in [1.807, 2.05) is 31.2 Å². The van der Waals surface area contributed by atoms with Gasteiger partial charge in [0.15, 0.2) is 0 Å². The van der Waals surface area contributed by atoms with Gasteiger partial charge in [-0.1, -0.05) is 18.2 Å². The maximum Gasteiger partial charge on any atom is 0.354 e. The van der Waals surface area contributed by atoms with Crippen molar-refractivity contribution in [3.8, 4) is 16.9 Å². The molecule has 0 atom stereocenters. The van der Waals surface area contributed by atoms with Crippen molar-refractivity contribution in [1.82, 2.24) is 4.98 Å². The minimum atomic E-state index is -0.346. The number of carbonyl (C=O) groups excluding carboxylic acids is 1. The van der Waals surface area contributed by atoms with E-state index in [0.717, 1.165) is 27.6 Å². The summed E-state index contributed by atoms with van der Waals surface area (Å²) in [6, 6.07) is 13.1. The zero-order valence-electron chi connectivity index (χ0n) is 12.5. The number of aromatic amines is 1. The van der Waals surface area contributed by atoms with Crippen LogP contribution < -0.4 is 0 Å². The zero-order chi connectivity index (χ0) is 15.7. The van der Waals surface area contributed by atoms with Crippen LogP contribution in [0.2, 0.25) is 0 Å². The lowest BCUT2D eigenvalue weighted by Crippen LogP contribution is -2.04. The second-order valence-electron chi connectivity index (χ2n) is 5.20. The summed E-state index contributed by atoms with van der Waals surface area (Å²) in [4.78, 5) is 14.9. The first-order chi connectivity index (χ1) is 10.6. The lowest BCUT2D eigenvalue weighted by Gasteiger charge is -2.06. The molecule has 4 heteroatoms. The summed E-state index contributed by atoms with van der Waals surface area (Å²) in [5, 5.41) is 10.5. The van der Waals surface area contributed by atoms with Gasteiger partial charge in [-0.25, -0.2) is 4.79 Å². The summed E-state index contributed by atoms with van der Waals surface area (Å²) in [5.74, 6) is -0.0899. The third kappa shape index (κ3) is 2.55. The third-order valence-electron chi connectivity index (χ3n) is 3.64. The molecule has 0 aliphatic rings. The van der Waals surface area contributed by atoms with Crippen LogP contribution in [0, 0.1) is 6.92 Å². The summed E-state index contributed by atoms with van der Waals surface area (Å²) < 4.78 is 5.01. The Labute approximate surface area is 128 Å². The van der Waals surface area contributed by atoms with E-state index >= 15 is 0 Å². The standard InChI is InChI=1S/C18H17NO3/c1-3-22-18(21)17-10-13-5-4-12(9-16(13)19-17)15-7-6-14(20)8-11(15)2/h4-10,19-20H,3H2,1-2H3. The molecule has 112 valence electrons. The van der Waals surface area contributed by atoms with Gasteiger partial charge in [0.25, 0.3) is 0 Å². The van der Waals surface area contributed by atoms with Crippen molar-refractivity contribution in [1.29, 1.82) is 0 Å². The van der Waals surface area contributed by atoms with Crippen LogP contribution in [0.3, 0.4) is 0 Å². The summed E-state index contributed by atoms with van der Waals surface area (Å²) in [5.41, 5.74) is 4.41. The maximum atomic E-state index is 11.8. The second-order valence-corrected chi connectivity index (χ2v) is 5.20. The molecule has 0 saturated heterocycles. The van der Waals surface area contributed by atoms with E-state index in [1.165, 1.54) is 0 Å². The number of aromatic hydroxyl groups is 1. The molecule has 0 radical (unpaired) electrons. The molecule has 0 amide bonds. The molecule has 0 aliphatic heterocycles. The highest BCUT2D eigenvalue weighted by Gasteiger charge is 2.11. The van der Waals surface area contributed by atoms with Gasteiger partial charge in [-0.3, -0.25) is 0 Å². The van der Waals surface area contributed by atoms with Crippen molar-refractivity contribution in [3.05, 3.63) is 53.7 Å². The molecule has 0 fully saturated rings. The highest BCUT2D eigenvalue weighted by Crippen LogP contribution is 2.29. The Morgan fingerprint density at radius 3 is 2.73 bits per heavy atom. The molecule has 3 rings (SSSR count). The minimum absolute atomic E-state index is 0.256. The van der Waals surface area contributed by atoms with E-state index in [1.54, 1.807) is 25.1 Å². The number of benzene rings is 2. The number of esters is 1. The average Bonchev–Trinajstić information content (AvgIpc) is 2.90. The smallest absolute Gasteiger partial charge is 0.354 e. The summed E-state index contributed by atoms with van der Waals surface area (Å²) in [7, 11) is 0. The van der Waals surface area contributed by atoms with Crippen molar-refractivity contribution >= 4 is 16.9 Å². The Bertz CT molecular complexity index is 849. The minimum Gasteiger partial charge on any atom is -0.508 e. The molecule has 0 bridgehead atoms. The van der Waals surface area contributed by atoms with Crippen LogP contribution >= 0.6 is 0 Å². The maximum absolute atomic E-state index is 11.8. The zero-order valence-corrected chi connectivity index (χ0v) is 12.5. The summed E-state index contributed by atoms with van der Waals surface area (Å²) in [6.45, 7) is 4.09. The number of hydrogen-bond donors (Lipinski definition) is 2. The number of ether oxygens (including phenoxy) is 1. The molecule has 0 spiro atoms. The van der Waals surface area contributed by atoms with E-state index < -0.39 is 0 Å². The normalized spacial score (nSPS) is 10.8. The van der Waals surface area contributed by atoms with Gasteiger partial charge < -0.3 is 14.8 Å². The topological polar surface area (TPSA) is 62.3 Å². The number of hydrogen-bond acceptors (Lipinski definition) is 3. The van der Waals surface area contributed by atoms with Gasteiger partial charge in [-0.05, 0) is 54.8 Å². The van der Waals surface area contributed by atoms with Crippen LogP contribution in [-0.4, -0.2) is 22.7 Å². The Balaban J connectivity index is 2.04. The number of aromatic nitrogens is 1. The fourth-order valence-electron chi connectivity index (χ4n) is 2.59. The molecule has 1 aromatic heterocycles. The van der Waals surface area contributed by atoms with E-state index in [4.69, 9.17) is 4.74 Å². The number of aryl methyl sites for hydroxylation is 1. The quantitative estimate of drug-likeness (QED) is 0.717. The monoisotopic (exact) mass is 295 g/mol. The molecule has 0 aliphatic carbocycles. The molecular weight excluding hydrogens is 278 g/mol. The first-order valence-electron chi connectivity index (χ1n) is 7.18. The number of nitrogens with one attached hydrogen (secondary N) is 1. The van der Waals surface area contributed by atoms with Crippen LogP contribution in [0.25, 0.3) is 22.0 Å². The summed E-state index contributed by atoms with van der Waals surface area (Å²) in [6.07, 6.45) is 0. The van der Waals surface area contributed by atoms with Gasteiger partial charge in [0.2, 0.25) is 0 Å². The number of fused-ring (bicyclic) bond motifs is 1. The third-order valence-corrected chi connectivity index (χ3v) is 3.64. The van der Waals surface area contributed by atoms with Crippen LogP contribution in [0.5, 0.6) is 5.75 Å². The van der Waals surface area contributed by atoms with Gasteiger partial charge in [0.1, 0.15) is 11.4 Å². The van der Waals surface area contributed by atoms with Crippen molar-refractivity contribution in [2.24, 2.45) is 0 Å². The van der Waals surface area contributed by atoms with E-state index in [-0.39, 0.29) is 11.7 Å². The molecular formula is C18H17NO3. The Kier molecular flexibility index (Phi) is 3.59. The molecule has 4 nitrogen and oxygen atoms in total. The predicted octanol–water partition coefficient (Wildman–Crippen LogP) is 4.03. The van der Waals surface area contributed by atoms with Crippen molar-refractivity contribution in [2.45, 2.75) is 13.8 Å². The second kappa shape index (κ2) is 5.56. The van der Waals surface area contributed by atoms with Gasteiger partial charge in [-0.15, -0.1) is 0 Å². The molecule has 0 unspecified atom stereocenters. The van der Waals surface area contributed by atoms with Crippen molar-refractivity contribution in [3.63, 3.8) is 0 Å². The first-order valence-corrected chi connectivity index (χ1v) is 7.18. The first kappa shape index (κ1) is 14.2. The Hall–Kier alpha value is -2.75. The fourth-order valence-corrected chi connectivity index (χ4v) is 2.59. The van der Waals surface area contributed by atoms with Crippen molar-refractivity contribution < 1.29 is 14.6 Å². The van der Waals surface area contributed by atoms with Crippen LogP contribution in [0.1, 0.15) is 23.0 Å². The number of rotatable bonds is 3. The number of phenols is 1. The van der Waals surface area contributed by atoms with E-state index in [2.05, 4.69) is 4.98 Å². The number of carbonyl (C=O) groups is 1. The van der Waals surface area contributed by atoms with E-state index in [9.17, 15) is 9.90 Å².